The van der Waals surface area contributed by atoms with Gasteiger partial charge in [-0.05, 0) is 6.42 Å². The average Bonchev–Trinajstić information content (AvgIpc) is 2.29. The first-order chi connectivity index (χ1) is 8.06. The number of hydrogen-bond acceptors (Lipinski definition) is 4. The highest BCUT2D eigenvalue weighted by Crippen LogP contribution is 2.18. The second-order valence-corrected chi connectivity index (χ2v) is 3.83. The molecule has 0 bridgehead atoms. The smallest absolute Gasteiger partial charge is 0.358 e. The van der Waals surface area contributed by atoms with Crippen LogP contribution < -0.4 is 4.74 Å². The van der Waals surface area contributed by atoms with Gasteiger partial charge in [-0.25, -0.2) is 14.8 Å². The van der Waals surface area contributed by atoms with E-state index in [2.05, 4.69) is 16.5 Å². The quantitative estimate of drug-likeness (QED) is 0.605. The van der Waals surface area contributed by atoms with Crippen molar-refractivity contribution in [3.05, 3.63) is 30.4 Å². The number of carboxylic acids is 1. The first-order valence-corrected chi connectivity index (χ1v) is 5.40. The second-order valence-electron chi connectivity index (χ2n) is 3.83. The van der Waals surface area contributed by atoms with Crippen molar-refractivity contribution in [2.24, 2.45) is 0 Å². The molecular weight excluding hydrogens is 220 g/mol. The Bertz CT molecular complexity index is 416. The molecule has 0 atom stereocenters. The van der Waals surface area contributed by atoms with Gasteiger partial charge in [0.25, 0.3) is 0 Å². The molecule has 0 saturated carbocycles. The lowest BCUT2D eigenvalue weighted by atomic mass is 10.2. The van der Waals surface area contributed by atoms with Crippen LogP contribution in [0, 0.1) is 0 Å². The zero-order chi connectivity index (χ0) is 12.8. The Hall–Kier alpha value is -1.91. The summed E-state index contributed by atoms with van der Waals surface area (Å²) in [6.45, 7) is 7.73. The molecule has 17 heavy (non-hydrogen) atoms. The number of aromatic nitrogens is 2. The summed E-state index contributed by atoms with van der Waals surface area (Å²) < 4.78 is 5.30. The van der Waals surface area contributed by atoms with E-state index in [4.69, 9.17) is 9.84 Å². The fourth-order valence-corrected chi connectivity index (χ4v) is 1.17. The van der Waals surface area contributed by atoms with E-state index in [-0.39, 0.29) is 17.4 Å². The molecule has 0 fully saturated rings. The molecule has 0 saturated heterocycles. The van der Waals surface area contributed by atoms with Gasteiger partial charge in [0.15, 0.2) is 11.4 Å². The van der Waals surface area contributed by atoms with Gasteiger partial charge in [-0.15, -0.1) is 6.58 Å². The van der Waals surface area contributed by atoms with Crippen molar-refractivity contribution in [1.82, 2.24) is 9.97 Å². The highest BCUT2D eigenvalue weighted by atomic mass is 16.5. The van der Waals surface area contributed by atoms with Crippen molar-refractivity contribution in [1.29, 1.82) is 0 Å². The molecule has 1 aromatic rings. The zero-order valence-electron chi connectivity index (χ0n) is 10.0. The first kappa shape index (κ1) is 13.2. The van der Waals surface area contributed by atoms with Crippen LogP contribution in [0.3, 0.4) is 0 Å². The number of rotatable bonds is 6. The van der Waals surface area contributed by atoms with Crippen LogP contribution in [0.1, 0.15) is 42.5 Å². The summed E-state index contributed by atoms with van der Waals surface area (Å²) in [7, 11) is 0. The molecular formula is C12H16N2O3. The fraction of sp³-hybridized carbons (Fsp3) is 0.417. The Kier molecular flexibility index (Phi) is 4.63. The molecule has 1 N–H and O–H groups in total. The van der Waals surface area contributed by atoms with E-state index in [0.29, 0.717) is 18.9 Å². The molecule has 0 spiro atoms. The third-order valence-corrected chi connectivity index (χ3v) is 2.07. The van der Waals surface area contributed by atoms with Crippen LogP contribution in [0.4, 0.5) is 0 Å². The predicted octanol–water partition coefficient (Wildman–Crippen LogP) is 2.25. The minimum Gasteiger partial charge on any atom is -0.489 e. The van der Waals surface area contributed by atoms with Crippen molar-refractivity contribution in [2.45, 2.75) is 26.2 Å². The molecule has 0 aliphatic rings. The summed E-state index contributed by atoms with van der Waals surface area (Å²) in [5.41, 5.74) is -0.0900. The molecule has 92 valence electrons. The summed E-state index contributed by atoms with van der Waals surface area (Å²) in [6.07, 6.45) is 3.75. The molecule has 1 aromatic heterocycles. The number of hydrogen-bond donors (Lipinski definition) is 1. The van der Waals surface area contributed by atoms with Crippen LogP contribution in [0.15, 0.2) is 18.9 Å². The van der Waals surface area contributed by atoms with Gasteiger partial charge in [0.2, 0.25) is 0 Å². The first-order valence-electron chi connectivity index (χ1n) is 5.40. The van der Waals surface area contributed by atoms with E-state index >= 15 is 0 Å². The molecule has 5 heteroatoms. The molecule has 0 radical (unpaired) electrons. The Balaban J connectivity index is 2.96. The van der Waals surface area contributed by atoms with E-state index in [1.165, 1.54) is 6.20 Å². The highest BCUT2D eigenvalue weighted by Gasteiger charge is 2.16. The minimum atomic E-state index is -1.11. The van der Waals surface area contributed by atoms with Gasteiger partial charge in [-0.1, -0.05) is 19.9 Å². The minimum absolute atomic E-state index is 0.0790. The molecule has 0 unspecified atom stereocenters. The molecule has 0 aliphatic carbocycles. The summed E-state index contributed by atoms with van der Waals surface area (Å²) in [5.74, 6) is -0.333. The van der Waals surface area contributed by atoms with Crippen molar-refractivity contribution in [2.75, 3.05) is 6.61 Å². The van der Waals surface area contributed by atoms with Crippen LogP contribution in [0.25, 0.3) is 0 Å². The van der Waals surface area contributed by atoms with Gasteiger partial charge in [0.1, 0.15) is 5.82 Å². The normalized spacial score (nSPS) is 10.3. The number of carbonyl (C=O) groups is 1. The highest BCUT2D eigenvalue weighted by molar-refractivity contribution is 5.88. The summed E-state index contributed by atoms with van der Waals surface area (Å²) in [5, 5.41) is 9.04. The summed E-state index contributed by atoms with van der Waals surface area (Å²) in [6, 6.07) is 0. The van der Waals surface area contributed by atoms with Crippen molar-refractivity contribution >= 4 is 5.97 Å². The summed E-state index contributed by atoms with van der Waals surface area (Å²) in [4.78, 5) is 19.1. The molecule has 5 nitrogen and oxygen atoms in total. The van der Waals surface area contributed by atoms with E-state index in [1.807, 2.05) is 13.8 Å². The monoisotopic (exact) mass is 236 g/mol. The van der Waals surface area contributed by atoms with Gasteiger partial charge in [0, 0.05) is 5.92 Å². The van der Waals surface area contributed by atoms with Crippen molar-refractivity contribution in [3.63, 3.8) is 0 Å². The third kappa shape index (κ3) is 3.55. The van der Waals surface area contributed by atoms with Gasteiger partial charge < -0.3 is 9.84 Å². The maximum absolute atomic E-state index is 11.0. The Morgan fingerprint density at radius 1 is 1.65 bits per heavy atom. The molecule has 0 aliphatic heterocycles. The Labute approximate surface area is 100 Å². The van der Waals surface area contributed by atoms with E-state index < -0.39 is 5.97 Å². The van der Waals surface area contributed by atoms with Gasteiger partial charge in [0.05, 0.1) is 12.8 Å². The standard InChI is InChI=1S/C12H16N2O3/c1-4-5-6-17-9-7-13-11(8(2)3)14-10(9)12(15)16/h4,7-8H,1,5-6H2,2-3H3,(H,15,16). The largest absolute Gasteiger partial charge is 0.489 e. The fourth-order valence-electron chi connectivity index (χ4n) is 1.17. The zero-order valence-corrected chi connectivity index (χ0v) is 10.0. The molecule has 0 amide bonds. The lowest BCUT2D eigenvalue weighted by Crippen LogP contribution is -2.10. The van der Waals surface area contributed by atoms with Gasteiger partial charge in [-0.2, -0.15) is 0 Å². The number of aromatic carboxylic acids is 1. The van der Waals surface area contributed by atoms with Crippen LogP contribution in [0.2, 0.25) is 0 Å². The Morgan fingerprint density at radius 3 is 2.88 bits per heavy atom. The SMILES string of the molecule is C=CCCOc1cnc(C(C)C)nc1C(=O)O. The maximum atomic E-state index is 11.0. The van der Waals surface area contributed by atoms with Crippen molar-refractivity contribution < 1.29 is 14.6 Å². The van der Waals surface area contributed by atoms with Crippen LogP contribution in [-0.2, 0) is 0 Å². The second kappa shape index (κ2) is 5.98. The number of nitrogens with zero attached hydrogens (tertiary/aromatic N) is 2. The van der Waals surface area contributed by atoms with Crippen LogP contribution >= 0.6 is 0 Å². The lowest BCUT2D eigenvalue weighted by molar-refractivity contribution is 0.0684. The Morgan fingerprint density at radius 2 is 2.35 bits per heavy atom. The van der Waals surface area contributed by atoms with Gasteiger partial charge >= 0.3 is 5.97 Å². The van der Waals surface area contributed by atoms with Crippen LogP contribution in [-0.4, -0.2) is 27.7 Å². The van der Waals surface area contributed by atoms with Crippen LogP contribution in [0.5, 0.6) is 5.75 Å². The van der Waals surface area contributed by atoms with E-state index in [0.717, 1.165) is 0 Å². The van der Waals surface area contributed by atoms with E-state index in [9.17, 15) is 4.79 Å². The molecule has 1 rings (SSSR count). The van der Waals surface area contributed by atoms with Crippen molar-refractivity contribution in [3.8, 4) is 5.75 Å². The molecule has 1 heterocycles. The number of ether oxygens (including phenoxy) is 1. The third-order valence-electron chi connectivity index (χ3n) is 2.07. The topological polar surface area (TPSA) is 72.3 Å². The molecule has 0 aromatic carbocycles. The average molecular weight is 236 g/mol. The summed E-state index contributed by atoms with van der Waals surface area (Å²) >= 11 is 0. The lowest BCUT2D eigenvalue weighted by Gasteiger charge is -2.09. The van der Waals surface area contributed by atoms with Gasteiger partial charge in [-0.3, -0.25) is 0 Å². The maximum Gasteiger partial charge on any atom is 0.358 e. The van der Waals surface area contributed by atoms with E-state index in [1.54, 1.807) is 6.08 Å². The number of carboxylic acid groups (broad SMARTS) is 1. The predicted molar refractivity (Wildman–Crippen MR) is 63.4 cm³/mol.